The third kappa shape index (κ3) is 6.90. The Morgan fingerprint density at radius 1 is 0.825 bits per heavy atom. The van der Waals surface area contributed by atoms with Gasteiger partial charge in [-0.05, 0) is 47.0 Å². The molecule has 1 unspecified atom stereocenters. The van der Waals surface area contributed by atoms with Gasteiger partial charge in [0.15, 0.2) is 12.0 Å². The topological polar surface area (TPSA) is 61.1 Å². The van der Waals surface area contributed by atoms with Crippen molar-refractivity contribution in [2.45, 2.75) is 67.7 Å². The van der Waals surface area contributed by atoms with Gasteiger partial charge in [-0.1, -0.05) is 27.7 Å². The highest BCUT2D eigenvalue weighted by Gasteiger charge is 2.38. The molecule has 4 heterocycles. The van der Waals surface area contributed by atoms with Crippen molar-refractivity contribution >= 4 is 5.82 Å². The van der Waals surface area contributed by atoms with Crippen LogP contribution in [-0.4, -0.2) is 117 Å². The van der Waals surface area contributed by atoms with Crippen molar-refractivity contribution < 1.29 is 4.74 Å². The lowest BCUT2D eigenvalue weighted by Gasteiger charge is -2.35. The Bertz CT molecular complexity index is 1080. The summed E-state index contributed by atoms with van der Waals surface area (Å²) >= 11 is 0. The first-order valence-electron chi connectivity index (χ1n) is 15.4. The number of hydrogen-bond acceptors (Lipinski definition) is 8. The largest absolute Gasteiger partial charge is 0.379 e. The van der Waals surface area contributed by atoms with Crippen LogP contribution in [-0.2, 0) is 17.8 Å². The summed E-state index contributed by atoms with van der Waals surface area (Å²) in [5.74, 6) is 1.01. The van der Waals surface area contributed by atoms with Gasteiger partial charge in [0.25, 0.3) is 0 Å². The van der Waals surface area contributed by atoms with Gasteiger partial charge in [0.1, 0.15) is 0 Å². The van der Waals surface area contributed by atoms with Crippen LogP contribution in [0.3, 0.4) is 0 Å². The molecule has 4 rings (SSSR count). The van der Waals surface area contributed by atoms with E-state index in [2.05, 4.69) is 88.3 Å². The van der Waals surface area contributed by atoms with E-state index in [0.717, 1.165) is 109 Å². The minimum atomic E-state index is -0.0370. The number of ether oxygens (including phenoxy) is 1. The van der Waals surface area contributed by atoms with E-state index in [0.29, 0.717) is 0 Å². The second-order valence-electron chi connectivity index (χ2n) is 10.9. The fraction of sp³-hybridized carbons (Fsp3) is 0.733. The summed E-state index contributed by atoms with van der Waals surface area (Å²) in [7, 11) is 0. The number of likely N-dealkylation sites (N-methyl/N-ethyl adjacent to an activating group) is 2. The molecule has 40 heavy (non-hydrogen) atoms. The monoisotopic (exact) mass is 554 g/mol. The average molecular weight is 555 g/mol. The quantitative estimate of drug-likeness (QED) is 0.333. The summed E-state index contributed by atoms with van der Waals surface area (Å²) in [6, 6.07) is 0. The standard InChI is InChI=1S/C30H52N9O/c1-8-33(9-2)12-16-37-24-32-29(27(37)7)39-25(5)22-36(15-14-35-18-20-40-21-19-35)30(39)28-26(6)31-23-38(28)17-13-34(10-3)11-4/h23-24,30H,8-21H2,1-7H3. The third-order valence-corrected chi connectivity index (χ3v) is 8.69. The predicted molar refractivity (Wildman–Crippen MR) is 161 cm³/mol. The summed E-state index contributed by atoms with van der Waals surface area (Å²) in [6.07, 6.45) is 7.74. The van der Waals surface area contributed by atoms with Crippen molar-refractivity contribution in [1.29, 1.82) is 0 Å². The number of nitrogens with zero attached hydrogens (tertiary/aromatic N) is 9. The molecule has 2 aliphatic heterocycles. The zero-order valence-electron chi connectivity index (χ0n) is 26.1. The molecule has 0 N–H and O–H groups in total. The number of allylic oxidation sites excluding steroid dienone is 1. The highest BCUT2D eigenvalue weighted by molar-refractivity contribution is 5.53. The summed E-state index contributed by atoms with van der Waals surface area (Å²) < 4.78 is 10.3. The molecular formula is C30H52N9O. The van der Waals surface area contributed by atoms with Gasteiger partial charge in [-0.3, -0.25) is 4.90 Å². The fourth-order valence-corrected chi connectivity index (χ4v) is 5.92. The van der Waals surface area contributed by atoms with Crippen LogP contribution in [0.15, 0.2) is 18.4 Å². The van der Waals surface area contributed by atoms with E-state index in [-0.39, 0.29) is 6.17 Å². The maximum atomic E-state index is 5.59. The second-order valence-corrected chi connectivity index (χ2v) is 10.9. The number of morpholine rings is 1. The van der Waals surface area contributed by atoms with E-state index in [4.69, 9.17) is 14.7 Å². The van der Waals surface area contributed by atoms with Crippen LogP contribution in [0.4, 0.5) is 5.82 Å². The highest BCUT2D eigenvalue weighted by Crippen LogP contribution is 2.40. The number of aromatic nitrogens is 4. The van der Waals surface area contributed by atoms with Gasteiger partial charge in [-0.15, -0.1) is 0 Å². The molecule has 2 aromatic rings. The molecule has 0 aliphatic carbocycles. The highest BCUT2D eigenvalue weighted by atomic mass is 16.5. The van der Waals surface area contributed by atoms with Crippen molar-refractivity contribution in [3.05, 3.63) is 41.6 Å². The molecule has 0 spiro atoms. The lowest BCUT2D eigenvalue weighted by Crippen LogP contribution is -2.42. The van der Waals surface area contributed by atoms with Gasteiger partial charge >= 0.3 is 0 Å². The molecule has 1 atom stereocenters. The summed E-state index contributed by atoms with van der Waals surface area (Å²) in [5.41, 5.74) is 4.59. The van der Waals surface area contributed by atoms with Crippen LogP contribution in [0, 0.1) is 20.0 Å². The number of hydrogen-bond donors (Lipinski definition) is 0. The van der Waals surface area contributed by atoms with Crippen LogP contribution in [0.5, 0.6) is 0 Å². The Kier molecular flexibility index (Phi) is 11.1. The Balaban J connectivity index is 1.64. The first-order chi connectivity index (χ1) is 19.4. The Morgan fingerprint density at radius 3 is 2.05 bits per heavy atom. The maximum absolute atomic E-state index is 5.59. The molecule has 2 aliphatic rings. The van der Waals surface area contributed by atoms with Gasteiger partial charge in [0.2, 0.25) is 0 Å². The van der Waals surface area contributed by atoms with Crippen LogP contribution in [0.2, 0.25) is 0 Å². The Labute approximate surface area is 242 Å². The second kappa shape index (κ2) is 14.5. The lowest BCUT2D eigenvalue weighted by atomic mass is 10.2. The van der Waals surface area contributed by atoms with Crippen LogP contribution >= 0.6 is 0 Å². The minimum Gasteiger partial charge on any atom is -0.379 e. The molecule has 223 valence electrons. The number of anilines is 1. The molecule has 2 aromatic heterocycles. The Morgan fingerprint density at radius 2 is 1.43 bits per heavy atom. The smallest absolute Gasteiger partial charge is 0.156 e. The third-order valence-electron chi connectivity index (χ3n) is 8.69. The molecular weight excluding hydrogens is 502 g/mol. The SMILES string of the molecule is CCN(CC)CCn1cnc(N2C(C)=[C]N(CCN3CCOCC3)C2c2c(C)ncn2CCN(CC)CC)c1C. The predicted octanol–water partition coefficient (Wildman–Crippen LogP) is 3.20. The van der Waals surface area contributed by atoms with Crippen LogP contribution in [0.25, 0.3) is 0 Å². The first-order valence-corrected chi connectivity index (χ1v) is 15.4. The van der Waals surface area contributed by atoms with Crippen LogP contribution in [0.1, 0.15) is 57.9 Å². The van der Waals surface area contributed by atoms with E-state index >= 15 is 0 Å². The van der Waals surface area contributed by atoms with Crippen LogP contribution < -0.4 is 4.90 Å². The van der Waals surface area contributed by atoms with Crippen molar-refractivity contribution in [2.75, 3.05) is 83.6 Å². The summed E-state index contributed by atoms with van der Waals surface area (Å²) in [5, 5.41) is 0. The molecule has 0 saturated carbocycles. The first kappa shape index (κ1) is 30.6. The van der Waals surface area contributed by atoms with Gasteiger partial charge < -0.3 is 33.5 Å². The molecule has 1 radical (unpaired) electrons. The maximum Gasteiger partial charge on any atom is 0.156 e. The van der Waals surface area contributed by atoms with Crippen molar-refractivity contribution in [3.63, 3.8) is 0 Å². The van der Waals surface area contributed by atoms with E-state index in [1.807, 2.05) is 12.7 Å². The van der Waals surface area contributed by atoms with Gasteiger partial charge in [-0.25, -0.2) is 9.97 Å². The average Bonchev–Trinajstić information content (AvgIpc) is 3.62. The molecule has 0 bridgehead atoms. The van der Waals surface area contributed by atoms with Crippen molar-refractivity contribution in [3.8, 4) is 0 Å². The Hall–Kier alpha value is -2.40. The molecule has 0 amide bonds. The zero-order chi connectivity index (χ0) is 28.6. The van der Waals surface area contributed by atoms with E-state index in [1.165, 1.54) is 11.4 Å². The molecule has 0 aromatic carbocycles. The van der Waals surface area contributed by atoms with Gasteiger partial charge in [0.05, 0.1) is 49.2 Å². The molecule has 10 heteroatoms. The molecule has 10 nitrogen and oxygen atoms in total. The van der Waals surface area contributed by atoms with Crippen molar-refractivity contribution in [1.82, 2.24) is 38.7 Å². The minimum absolute atomic E-state index is 0.0370. The normalized spacial score (nSPS) is 18.5. The summed E-state index contributed by atoms with van der Waals surface area (Å²) in [4.78, 5) is 22.0. The summed E-state index contributed by atoms with van der Waals surface area (Å²) in [6.45, 7) is 29.0. The van der Waals surface area contributed by atoms with E-state index in [9.17, 15) is 0 Å². The number of imidazole rings is 2. The number of aryl methyl sites for hydroxylation is 1. The van der Waals surface area contributed by atoms with Gasteiger partial charge in [-0.2, -0.15) is 0 Å². The fourth-order valence-electron chi connectivity index (χ4n) is 5.92. The molecule has 1 saturated heterocycles. The van der Waals surface area contributed by atoms with Crippen molar-refractivity contribution in [2.24, 2.45) is 0 Å². The van der Waals surface area contributed by atoms with E-state index < -0.39 is 0 Å². The zero-order valence-corrected chi connectivity index (χ0v) is 26.1. The molecule has 1 fully saturated rings. The van der Waals surface area contributed by atoms with Gasteiger partial charge in [0, 0.05) is 58.1 Å². The van der Waals surface area contributed by atoms with E-state index in [1.54, 1.807) is 0 Å². The number of rotatable bonds is 15. The lowest BCUT2D eigenvalue weighted by molar-refractivity contribution is 0.0337.